The van der Waals surface area contributed by atoms with E-state index in [0.29, 0.717) is 11.7 Å². The number of ketones is 1. The molecular formula is C16H26O2. The molecule has 0 spiro atoms. The first-order chi connectivity index (χ1) is 8.40. The van der Waals surface area contributed by atoms with E-state index in [9.17, 15) is 9.90 Å². The van der Waals surface area contributed by atoms with Gasteiger partial charge in [-0.15, -0.1) is 0 Å². The molecule has 2 atom stereocenters. The molecule has 0 aromatic rings. The Kier molecular flexibility index (Phi) is 2.68. The normalized spacial score (nSPS) is 41.3. The topological polar surface area (TPSA) is 37.3 Å². The van der Waals surface area contributed by atoms with Crippen LogP contribution in [0.3, 0.4) is 0 Å². The van der Waals surface area contributed by atoms with Crippen LogP contribution in [0.4, 0.5) is 0 Å². The van der Waals surface area contributed by atoms with E-state index in [0.717, 1.165) is 44.9 Å². The first-order valence-electron chi connectivity index (χ1n) is 7.65. The van der Waals surface area contributed by atoms with Gasteiger partial charge in [0.25, 0.3) is 0 Å². The number of rotatable bonds is 2. The van der Waals surface area contributed by atoms with Crippen LogP contribution in [-0.4, -0.2) is 16.5 Å². The molecule has 3 fully saturated rings. The zero-order chi connectivity index (χ0) is 13.0. The summed E-state index contributed by atoms with van der Waals surface area (Å²) in [6.07, 6.45) is 9.03. The van der Waals surface area contributed by atoms with Crippen molar-refractivity contribution in [2.75, 3.05) is 0 Å². The molecule has 2 heteroatoms. The second-order valence-electron chi connectivity index (χ2n) is 7.63. The van der Waals surface area contributed by atoms with Crippen molar-refractivity contribution in [1.29, 1.82) is 0 Å². The van der Waals surface area contributed by atoms with Crippen LogP contribution in [0.15, 0.2) is 0 Å². The summed E-state index contributed by atoms with van der Waals surface area (Å²) < 4.78 is 0. The second kappa shape index (κ2) is 3.82. The van der Waals surface area contributed by atoms with E-state index in [1.807, 2.05) is 0 Å². The van der Waals surface area contributed by atoms with Crippen molar-refractivity contribution in [3.8, 4) is 0 Å². The van der Waals surface area contributed by atoms with Crippen molar-refractivity contribution in [3.63, 3.8) is 0 Å². The predicted octanol–water partition coefficient (Wildman–Crippen LogP) is 3.47. The van der Waals surface area contributed by atoms with Crippen molar-refractivity contribution in [2.45, 2.75) is 77.2 Å². The lowest BCUT2D eigenvalue weighted by molar-refractivity contribution is -0.136. The standard InChI is InChI=1S/C16H26O2/c1-14(2)12-6-9-16(14,13(17)10-12)11-15(18)7-4-3-5-8-15/h12,18H,3-11H2,1-2H3. The Morgan fingerprint density at radius 2 is 1.83 bits per heavy atom. The minimum Gasteiger partial charge on any atom is -0.390 e. The molecular weight excluding hydrogens is 224 g/mol. The molecule has 2 bridgehead atoms. The number of Topliss-reactive ketones (excluding diaryl/α,β-unsaturated/α-hetero) is 1. The molecule has 0 aliphatic heterocycles. The van der Waals surface area contributed by atoms with Crippen LogP contribution < -0.4 is 0 Å². The lowest BCUT2D eigenvalue weighted by Gasteiger charge is -2.44. The Morgan fingerprint density at radius 3 is 2.33 bits per heavy atom. The average molecular weight is 250 g/mol. The van der Waals surface area contributed by atoms with Gasteiger partial charge in [0, 0.05) is 11.8 Å². The zero-order valence-electron chi connectivity index (χ0n) is 11.8. The van der Waals surface area contributed by atoms with Crippen molar-refractivity contribution in [2.24, 2.45) is 16.7 Å². The minimum absolute atomic E-state index is 0.108. The van der Waals surface area contributed by atoms with Gasteiger partial charge in [-0.25, -0.2) is 0 Å². The molecule has 18 heavy (non-hydrogen) atoms. The molecule has 0 aromatic carbocycles. The molecule has 0 radical (unpaired) electrons. The number of hydrogen-bond acceptors (Lipinski definition) is 2. The summed E-state index contributed by atoms with van der Waals surface area (Å²) in [4.78, 5) is 12.5. The summed E-state index contributed by atoms with van der Waals surface area (Å²) in [6.45, 7) is 4.53. The molecule has 3 rings (SSSR count). The van der Waals surface area contributed by atoms with Gasteiger partial charge >= 0.3 is 0 Å². The Balaban J connectivity index is 1.88. The maximum atomic E-state index is 12.5. The number of carbonyl (C=O) groups is 1. The molecule has 1 N–H and O–H groups in total. The first kappa shape index (κ1) is 12.7. The third kappa shape index (κ3) is 1.54. The summed E-state index contributed by atoms with van der Waals surface area (Å²) in [5, 5.41) is 10.8. The molecule has 0 heterocycles. The Bertz CT molecular complexity index is 365. The van der Waals surface area contributed by atoms with Crippen LogP contribution in [0.1, 0.15) is 71.6 Å². The molecule has 0 amide bonds. The zero-order valence-corrected chi connectivity index (χ0v) is 11.8. The maximum Gasteiger partial charge on any atom is 0.139 e. The minimum atomic E-state index is -0.551. The Labute approximate surface area is 110 Å². The summed E-state index contributed by atoms with van der Waals surface area (Å²) >= 11 is 0. The fraction of sp³-hybridized carbons (Fsp3) is 0.938. The van der Waals surface area contributed by atoms with E-state index in [1.165, 1.54) is 12.8 Å². The molecule has 3 saturated carbocycles. The highest BCUT2D eigenvalue weighted by Gasteiger charge is 2.65. The fourth-order valence-corrected chi connectivity index (χ4v) is 5.13. The van der Waals surface area contributed by atoms with Crippen LogP contribution in [0.5, 0.6) is 0 Å². The highest BCUT2D eigenvalue weighted by atomic mass is 16.3. The van der Waals surface area contributed by atoms with Crippen LogP contribution in [0.25, 0.3) is 0 Å². The highest BCUT2D eigenvalue weighted by Crippen LogP contribution is 2.67. The summed E-state index contributed by atoms with van der Waals surface area (Å²) in [5.74, 6) is 1.01. The van der Waals surface area contributed by atoms with Gasteiger partial charge in [-0.3, -0.25) is 4.79 Å². The van der Waals surface area contributed by atoms with E-state index < -0.39 is 5.60 Å². The van der Waals surface area contributed by atoms with Gasteiger partial charge in [-0.2, -0.15) is 0 Å². The van der Waals surface area contributed by atoms with Gasteiger partial charge in [0.05, 0.1) is 5.60 Å². The van der Waals surface area contributed by atoms with Gasteiger partial charge in [0.2, 0.25) is 0 Å². The predicted molar refractivity (Wildman–Crippen MR) is 71.2 cm³/mol. The second-order valence-corrected chi connectivity index (χ2v) is 7.63. The molecule has 2 nitrogen and oxygen atoms in total. The van der Waals surface area contributed by atoms with Crippen LogP contribution in [0, 0.1) is 16.7 Å². The quantitative estimate of drug-likeness (QED) is 0.815. The number of carbonyl (C=O) groups excluding carboxylic acids is 1. The third-order valence-corrected chi connectivity index (χ3v) is 6.55. The van der Waals surface area contributed by atoms with Crippen LogP contribution >= 0.6 is 0 Å². The molecule has 0 saturated heterocycles. The monoisotopic (exact) mass is 250 g/mol. The highest BCUT2D eigenvalue weighted by molar-refractivity contribution is 5.89. The third-order valence-electron chi connectivity index (χ3n) is 6.55. The van der Waals surface area contributed by atoms with Gasteiger partial charge in [-0.1, -0.05) is 33.1 Å². The number of fused-ring (bicyclic) bond motifs is 2. The lowest BCUT2D eigenvalue weighted by atomic mass is 9.61. The number of hydrogen-bond donors (Lipinski definition) is 1. The van der Waals surface area contributed by atoms with Crippen LogP contribution in [-0.2, 0) is 4.79 Å². The smallest absolute Gasteiger partial charge is 0.139 e. The van der Waals surface area contributed by atoms with E-state index in [2.05, 4.69) is 13.8 Å². The van der Waals surface area contributed by atoms with Crippen molar-refractivity contribution < 1.29 is 9.90 Å². The summed E-state index contributed by atoms with van der Waals surface area (Å²) in [5.41, 5.74) is -0.647. The van der Waals surface area contributed by atoms with Crippen molar-refractivity contribution in [1.82, 2.24) is 0 Å². The van der Waals surface area contributed by atoms with Gasteiger partial charge in [0.15, 0.2) is 0 Å². The largest absolute Gasteiger partial charge is 0.390 e. The van der Waals surface area contributed by atoms with Gasteiger partial charge in [0.1, 0.15) is 5.78 Å². The molecule has 3 aliphatic rings. The average Bonchev–Trinajstić information content (AvgIpc) is 2.63. The molecule has 0 aromatic heterocycles. The first-order valence-corrected chi connectivity index (χ1v) is 7.65. The van der Waals surface area contributed by atoms with E-state index in [-0.39, 0.29) is 10.8 Å². The molecule has 3 aliphatic carbocycles. The Morgan fingerprint density at radius 1 is 1.17 bits per heavy atom. The van der Waals surface area contributed by atoms with E-state index in [1.54, 1.807) is 0 Å². The molecule has 102 valence electrons. The van der Waals surface area contributed by atoms with E-state index in [4.69, 9.17) is 0 Å². The van der Waals surface area contributed by atoms with Gasteiger partial charge < -0.3 is 5.11 Å². The SMILES string of the molecule is CC1(C)C2CCC1(CC1(O)CCCCC1)C(=O)C2. The lowest BCUT2D eigenvalue weighted by Crippen LogP contribution is -2.45. The summed E-state index contributed by atoms with van der Waals surface area (Å²) in [6, 6.07) is 0. The van der Waals surface area contributed by atoms with Gasteiger partial charge in [-0.05, 0) is 43.4 Å². The van der Waals surface area contributed by atoms with Crippen molar-refractivity contribution >= 4 is 5.78 Å². The Hall–Kier alpha value is -0.370. The summed E-state index contributed by atoms with van der Waals surface area (Å²) in [7, 11) is 0. The maximum absolute atomic E-state index is 12.5. The molecule has 2 unspecified atom stereocenters. The fourth-order valence-electron chi connectivity index (χ4n) is 5.13. The van der Waals surface area contributed by atoms with E-state index >= 15 is 0 Å². The van der Waals surface area contributed by atoms with Crippen molar-refractivity contribution in [3.05, 3.63) is 0 Å². The van der Waals surface area contributed by atoms with Crippen LogP contribution in [0.2, 0.25) is 0 Å². The number of aliphatic hydroxyl groups is 1.